The number of rotatable bonds is 6. The minimum absolute atomic E-state index is 0.0164. The van der Waals surface area contributed by atoms with Crippen LogP contribution in [0.25, 0.3) is 0 Å². The number of carbonyl (C=O) groups excluding carboxylic acids is 1. The monoisotopic (exact) mass is 432 g/mol. The van der Waals surface area contributed by atoms with Gasteiger partial charge in [-0.25, -0.2) is 13.2 Å². The maximum atomic E-state index is 12.6. The van der Waals surface area contributed by atoms with Crippen molar-refractivity contribution in [2.24, 2.45) is 10.8 Å². The molecule has 1 amide bonds. The highest BCUT2D eigenvalue weighted by Gasteiger charge is 2.40. The molecule has 2 heterocycles. The van der Waals surface area contributed by atoms with Gasteiger partial charge < -0.3 is 20.3 Å². The smallest absolute Gasteiger partial charge is 0.410 e. The molecule has 2 N–H and O–H groups in total. The standard InChI is InChI=1S/C20H40N4O4S/c1-19(2,3)16-14-21-9-11-23(16)18(25)28-13-7-8-20(4,5)17-15-22-10-12-24(17)29(6,26)27/h16-17,21-22H,7-15H2,1-6H3. The normalized spacial score (nSPS) is 25.1. The van der Waals surface area contributed by atoms with Gasteiger partial charge in [-0.15, -0.1) is 0 Å². The summed E-state index contributed by atoms with van der Waals surface area (Å²) in [6, 6.07) is 0.0113. The highest BCUT2D eigenvalue weighted by molar-refractivity contribution is 7.88. The Labute approximate surface area is 176 Å². The zero-order valence-electron chi connectivity index (χ0n) is 19.0. The Kier molecular flexibility index (Phi) is 7.98. The molecule has 2 aliphatic heterocycles. The second-order valence-corrected chi connectivity index (χ2v) is 12.0. The number of hydrogen-bond donors (Lipinski definition) is 2. The van der Waals surface area contributed by atoms with Crippen LogP contribution in [0.1, 0.15) is 47.5 Å². The van der Waals surface area contributed by atoms with Gasteiger partial charge in [-0.2, -0.15) is 4.31 Å². The van der Waals surface area contributed by atoms with E-state index in [2.05, 4.69) is 45.3 Å². The van der Waals surface area contributed by atoms with Crippen molar-refractivity contribution in [3.63, 3.8) is 0 Å². The molecule has 0 spiro atoms. The topological polar surface area (TPSA) is 91.0 Å². The van der Waals surface area contributed by atoms with Gasteiger partial charge >= 0.3 is 6.09 Å². The first kappa shape index (κ1) is 24.4. The Balaban J connectivity index is 1.87. The zero-order chi connectivity index (χ0) is 21.9. The highest BCUT2D eigenvalue weighted by atomic mass is 32.2. The van der Waals surface area contributed by atoms with E-state index < -0.39 is 10.0 Å². The second-order valence-electron chi connectivity index (χ2n) is 10.1. The molecule has 0 aromatic carbocycles. The van der Waals surface area contributed by atoms with Crippen LogP contribution < -0.4 is 10.6 Å². The third-order valence-corrected chi connectivity index (χ3v) is 7.48. The molecule has 0 radical (unpaired) electrons. The van der Waals surface area contributed by atoms with Crippen molar-refractivity contribution < 1.29 is 17.9 Å². The lowest BCUT2D eigenvalue weighted by Gasteiger charge is -2.44. The van der Waals surface area contributed by atoms with Crippen molar-refractivity contribution in [2.45, 2.75) is 59.5 Å². The van der Waals surface area contributed by atoms with E-state index in [-0.39, 0.29) is 29.0 Å². The fraction of sp³-hybridized carbons (Fsp3) is 0.950. The molecule has 0 bridgehead atoms. The lowest BCUT2D eigenvalue weighted by Crippen LogP contribution is -2.59. The van der Waals surface area contributed by atoms with Gasteiger partial charge in [0.25, 0.3) is 0 Å². The summed E-state index contributed by atoms with van der Waals surface area (Å²) in [6.07, 6.45) is 2.52. The summed E-state index contributed by atoms with van der Waals surface area (Å²) < 4.78 is 31.5. The Hall–Kier alpha value is -0.900. The van der Waals surface area contributed by atoms with Crippen LogP contribution in [-0.4, -0.2) is 87.9 Å². The van der Waals surface area contributed by atoms with Gasteiger partial charge in [-0.3, -0.25) is 0 Å². The van der Waals surface area contributed by atoms with Crippen molar-refractivity contribution in [1.29, 1.82) is 0 Å². The number of hydrogen-bond acceptors (Lipinski definition) is 6. The largest absolute Gasteiger partial charge is 0.449 e. The fourth-order valence-electron chi connectivity index (χ4n) is 4.38. The Morgan fingerprint density at radius 3 is 2.21 bits per heavy atom. The average molecular weight is 433 g/mol. The van der Waals surface area contributed by atoms with Crippen LogP contribution in [0.5, 0.6) is 0 Å². The minimum atomic E-state index is -3.24. The summed E-state index contributed by atoms with van der Waals surface area (Å²) in [4.78, 5) is 14.5. The molecular formula is C20H40N4O4S. The first-order valence-electron chi connectivity index (χ1n) is 10.7. The van der Waals surface area contributed by atoms with E-state index in [1.165, 1.54) is 6.26 Å². The van der Waals surface area contributed by atoms with Crippen LogP contribution in [-0.2, 0) is 14.8 Å². The lowest BCUT2D eigenvalue weighted by atomic mass is 9.79. The molecule has 9 heteroatoms. The number of nitrogens with one attached hydrogen (secondary N) is 2. The molecule has 2 aliphatic rings. The third-order valence-electron chi connectivity index (χ3n) is 6.19. The summed E-state index contributed by atoms with van der Waals surface area (Å²) in [7, 11) is -3.24. The van der Waals surface area contributed by atoms with Crippen LogP contribution >= 0.6 is 0 Å². The van der Waals surface area contributed by atoms with E-state index in [1.54, 1.807) is 4.31 Å². The van der Waals surface area contributed by atoms with Crippen molar-refractivity contribution in [2.75, 3.05) is 52.1 Å². The van der Waals surface area contributed by atoms with Crippen LogP contribution in [0.15, 0.2) is 0 Å². The van der Waals surface area contributed by atoms with Crippen molar-refractivity contribution in [1.82, 2.24) is 19.8 Å². The van der Waals surface area contributed by atoms with Gasteiger partial charge in [0.2, 0.25) is 10.0 Å². The molecule has 0 saturated carbocycles. The van der Waals surface area contributed by atoms with E-state index in [9.17, 15) is 13.2 Å². The van der Waals surface area contributed by atoms with E-state index in [1.807, 2.05) is 4.90 Å². The molecule has 8 nitrogen and oxygen atoms in total. The number of sulfonamides is 1. The predicted molar refractivity (Wildman–Crippen MR) is 115 cm³/mol. The van der Waals surface area contributed by atoms with Crippen LogP contribution in [0.2, 0.25) is 0 Å². The van der Waals surface area contributed by atoms with Gasteiger partial charge in [-0.05, 0) is 23.7 Å². The van der Waals surface area contributed by atoms with E-state index in [0.717, 1.165) is 19.5 Å². The van der Waals surface area contributed by atoms with Crippen LogP contribution in [0.3, 0.4) is 0 Å². The summed E-state index contributed by atoms with van der Waals surface area (Å²) in [5.74, 6) is 0. The summed E-state index contributed by atoms with van der Waals surface area (Å²) in [5, 5.41) is 6.67. The van der Waals surface area contributed by atoms with Gasteiger partial charge in [0.15, 0.2) is 0 Å². The Bertz CT molecular complexity index is 660. The van der Waals surface area contributed by atoms with Crippen LogP contribution in [0.4, 0.5) is 4.79 Å². The summed E-state index contributed by atoms with van der Waals surface area (Å²) in [6.45, 7) is 15.0. The lowest BCUT2D eigenvalue weighted by molar-refractivity contribution is 0.0407. The third kappa shape index (κ3) is 6.54. The predicted octanol–water partition coefficient (Wildman–Crippen LogP) is 1.48. The molecule has 2 fully saturated rings. The Morgan fingerprint density at radius 2 is 1.62 bits per heavy atom. The minimum Gasteiger partial charge on any atom is -0.449 e. The average Bonchev–Trinajstić information content (AvgIpc) is 2.63. The molecule has 2 atom stereocenters. The van der Waals surface area contributed by atoms with Crippen molar-refractivity contribution in [3.05, 3.63) is 0 Å². The molecule has 2 unspecified atom stereocenters. The fourth-order valence-corrected chi connectivity index (χ4v) is 5.63. The van der Waals surface area contributed by atoms with E-state index >= 15 is 0 Å². The number of ether oxygens (including phenoxy) is 1. The second kappa shape index (κ2) is 9.49. The van der Waals surface area contributed by atoms with Gasteiger partial charge in [0.1, 0.15) is 0 Å². The van der Waals surface area contributed by atoms with Gasteiger partial charge in [0.05, 0.1) is 18.9 Å². The van der Waals surface area contributed by atoms with Crippen molar-refractivity contribution in [3.8, 4) is 0 Å². The number of amides is 1. The number of piperazine rings is 2. The van der Waals surface area contributed by atoms with Gasteiger partial charge in [-0.1, -0.05) is 34.6 Å². The SMILES string of the molecule is CC(C)(C)C1CNCCN1C(=O)OCCCC(C)(C)C1CNCCN1S(C)(=O)=O. The molecule has 0 aromatic rings. The number of nitrogens with zero attached hydrogens (tertiary/aromatic N) is 2. The molecular weight excluding hydrogens is 392 g/mol. The zero-order valence-corrected chi connectivity index (χ0v) is 19.8. The molecule has 170 valence electrons. The summed E-state index contributed by atoms with van der Waals surface area (Å²) in [5.41, 5.74) is -0.233. The first-order valence-corrected chi connectivity index (χ1v) is 12.5. The van der Waals surface area contributed by atoms with E-state index in [4.69, 9.17) is 4.74 Å². The molecule has 0 aliphatic carbocycles. The molecule has 2 rings (SSSR count). The first-order chi connectivity index (χ1) is 13.3. The highest BCUT2D eigenvalue weighted by Crippen LogP contribution is 2.33. The van der Waals surface area contributed by atoms with E-state index in [0.29, 0.717) is 39.2 Å². The number of carbonyl (C=O) groups is 1. The van der Waals surface area contributed by atoms with Crippen molar-refractivity contribution >= 4 is 16.1 Å². The maximum absolute atomic E-state index is 12.6. The van der Waals surface area contributed by atoms with Crippen LogP contribution in [0, 0.1) is 10.8 Å². The van der Waals surface area contributed by atoms with Gasteiger partial charge in [0, 0.05) is 45.3 Å². The molecule has 2 saturated heterocycles. The summed E-state index contributed by atoms with van der Waals surface area (Å²) >= 11 is 0. The maximum Gasteiger partial charge on any atom is 0.410 e. The molecule has 0 aromatic heterocycles. The molecule has 29 heavy (non-hydrogen) atoms. The Morgan fingerprint density at radius 1 is 1.03 bits per heavy atom. The quantitative estimate of drug-likeness (QED) is 0.618.